The van der Waals surface area contributed by atoms with Crippen LogP contribution >= 0.6 is 0 Å². The summed E-state index contributed by atoms with van der Waals surface area (Å²) in [4.78, 5) is 5.07. The molecule has 14 aromatic rings. The highest BCUT2D eigenvalue weighted by Crippen LogP contribution is 2.52. The number of hydrogen-bond donors (Lipinski definition) is 0. The van der Waals surface area contributed by atoms with Gasteiger partial charge in [0.1, 0.15) is 0 Å². The molecule has 4 heterocycles. The third-order valence-corrected chi connectivity index (χ3v) is 18.5. The molecule has 12 aromatic carbocycles. The lowest BCUT2D eigenvalue weighted by Crippen LogP contribution is -2.61. The first-order valence-electron chi connectivity index (χ1n) is 32.7. The van der Waals surface area contributed by atoms with Gasteiger partial charge in [-0.3, -0.25) is 0 Å². The second-order valence-corrected chi connectivity index (χ2v) is 24.5. The van der Waals surface area contributed by atoms with Crippen molar-refractivity contribution in [1.29, 1.82) is 0 Å². The van der Waals surface area contributed by atoms with Crippen LogP contribution < -0.4 is 20.7 Å². The van der Waals surface area contributed by atoms with Crippen LogP contribution in [0, 0.1) is 5.41 Å². The second-order valence-electron chi connectivity index (χ2n) is 24.5. The van der Waals surface area contributed by atoms with E-state index in [1.165, 1.54) is 38.2 Å². The first-order valence-corrected chi connectivity index (χ1v) is 30.2. The van der Waals surface area contributed by atoms with Crippen molar-refractivity contribution in [3.63, 3.8) is 0 Å². The summed E-state index contributed by atoms with van der Waals surface area (Å²) in [5.41, 5.74) is 23.5. The standard InChI is InChI=1S/C82H61BN4/c1-82(2,3)62-50-79-81-80(51-62)87(66-47-60(56-27-12-6-13-28-56)45-61(48-66)57-29-14-7-15-30-57)77-49-59(55-25-10-5-11-26-55)39-42-71(77)83(81)72-43-40-65(53-78(72)86(79)63-32-22-31-58(46-63)54-23-8-4-9-24-54)85-75-38-21-18-35-69(75)70-52-64(41-44-76(70)85)84-73-36-19-16-33-67(73)68-34-17-20-37-74(68)84/h4-49,51-53,79H,50H2,1-3H3/i5D,10D,11D,25D,26D. The highest BCUT2D eigenvalue weighted by molar-refractivity contribution is 6.94. The first-order chi connectivity index (χ1) is 44.9. The van der Waals surface area contributed by atoms with Crippen LogP contribution in [0.4, 0.5) is 22.7 Å². The Balaban J connectivity index is 0.950. The predicted molar refractivity (Wildman–Crippen MR) is 368 cm³/mol. The van der Waals surface area contributed by atoms with Crippen LogP contribution in [0.2, 0.25) is 0 Å². The van der Waals surface area contributed by atoms with E-state index in [-0.39, 0.29) is 47.9 Å². The van der Waals surface area contributed by atoms with Gasteiger partial charge in [0.15, 0.2) is 0 Å². The van der Waals surface area contributed by atoms with Gasteiger partial charge in [-0.25, -0.2) is 0 Å². The van der Waals surface area contributed by atoms with Crippen molar-refractivity contribution in [3.8, 4) is 55.9 Å². The van der Waals surface area contributed by atoms with Gasteiger partial charge in [0.2, 0.25) is 6.71 Å². The maximum Gasteiger partial charge on any atom is 0.247 e. The van der Waals surface area contributed by atoms with Gasteiger partial charge in [-0.15, -0.1) is 0 Å². The summed E-state index contributed by atoms with van der Waals surface area (Å²) in [6.45, 7) is 6.72. The van der Waals surface area contributed by atoms with Crippen LogP contribution in [0.3, 0.4) is 0 Å². The molecule has 4 nitrogen and oxygen atoms in total. The topological polar surface area (TPSA) is 16.3 Å². The number of allylic oxidation sites excluding steroid dienone is 1. The van der Waals surface area contributed by atoms with Gasteiger partial charge >= 0.3 is 0 Å². The van der Waals surface area contributed by atoms with Gasteiger partial charge < -0.3 is 18.9 Å². The zero-order valence-electron chi connectivity index (χ0n) is 53.6. The van der Waals surface area contributed by atoms with Crippen LogP contribution in [0.5, 0.6) is 0 Å². The van der Waals surface area contributed by atoms with Crippen molar-refractivity contribution < 1.29 is 6.85 Å². The molecule has 2 aromatic heterocycles. The molecule has 412 valence electrons. The quantitative estimate of drug-likeness (QED) is 0.141. The van der Waals surface area contributed by atoms with E-state index in [1.54, 1.807) is 0 Å². The van der Waals surface area contributed by atoms with E-state index in [9.17, 15) is 2.74 Å². The summed E-state index contributed by atoms with van der Waals surface area (Å²) in [7, 11) is 0. The molecule has 1 unspecified atom stereocenters. The summed E-state index contributed by atoms with van der Waals surface area (Å²) in [6.07, 6.45) is 3.21. The largest absolute Gasteiger partial charge is 0.335 e. The van der Waals surface area contributed by atoms with Gasteiger partial charge in [-0.05, 0) is 164 Å². The molecule has 0 fully saturated rings. The number of fused-ring (bicyclic) bond motifs is 10. The maximum atomic E-state index is 9.37. The molecule has 3 aliphatic rings. The van der Waals surface area contributed by atoms with Crippen molar-refractivity contribution in [3.05, 3.63) is 314 Å². The normalized spacial score (nSPS) is 15.4. The Morgan fingerprint density at radius 3 is 1.49 bits per heavy atom. The lowest BCUT2D eigenvalue weighted by Gasteiger charge is -2.51. The first kappa shape index (κ1) is 45.8. The average Bonchev–Trinajstić information content (AvgIpc) is 0.924. The van der Waals surface area contributed by atoms with Gasteiger partial charge in [-0.1, -0.05) is 232 Å². The zero-order chi connectivity index (χ0) is 62.3. The minimum atomic E-state index is -0.417. The lowest BCUT2D eigenvalue weighted by molar-refractivity contribution is 0.467. The Bertz CT molecular complexity index is 5310. The third-order valence-electron chi connectivity index (χ3n) is 18.5. The van der Waals surface area contributed by atoms with Crippen molar-refractivity contribution in [2.45, 2.75) is 33.2 Å². The Kier molecular flexibility index (Phi) is 10.5. The predicted octanol–water partition coefficient (Wildman–Crippen LogP) is 20.0. The molecular formula is C82H61BN4. The molecule has 5 heteroatoms. The number of benzene rings is 12. The maximum absolute atomic E-state index is 9.37. The molecule has 1 atom stereocenters. The second kappa shape index (κ2) is 20.0. The highest BCUT2D eigenvalue weighted by Gasteiger charge is 2.49. The fourth-order valence-electron chi connectivity index (χ4n) is 14.5. The molecule has 0 amide bonds. The number of anilines is 4. The third kappa shape index (κ3) is 8.28. The van der Waals surface area contributed by atoms with Crippen LogP contribution in [0.15, 0.2) is 314 Å². The highest BCUT2D eigenvalue weighted by atomic mass is 15.2. The number of para-hydroxylation sites is 3. The fourth-order valence-corrected chi connectivity index (χ4v) is 14.5. The molecular weight excluding hydrogens is 1050 g/mol. The molecule has 0 saturated carbocycles. The zero-order valence-corrected chi connectivity index (χ0v) is 48.6. The minimum Gasteiger partial charge on any atom is -0.335 e. The summed E-state index contributed by atoms with van der Waals surface area (Å²) in [6, 6.07) is 92.5. The smallest absolute Gasteiger partial charge is 0.247 e. The van der Waals surface area contributed by atoms with Crippen LogP contribution in [-0.4, -0.2) is 21.9 Å². The van der Waals surface area contributed by atoms with E-state index in [2.05, 4.69) is 301 Å². The van der Waals surface area contributed by atoms with Gasteiger partial charge in [0, 0.05) is 61.4 Å². The fraction of sp³-hybridized carbons (Fsp3) is 0.0732. The van der Waals surface area contributed by atoms with Gasteiger partial charge in [0.05, 0.1) is 35.0 Å². The molecule has 0 radical (unpaired) electrons. The molecule has 1 aliphatic carbocycles. The Labute approximate surface area is 515 Å². The molecule has 0 spiro atoms. The number of hydrogen-bond acceptors (Lipinski definition) is 2. The molecule has 17 rings (SSSR count). The number of rotatable bonds is 8. The lowest BCUT2D eigenvalue weighted by atomic mass is 9.31. The van der Waals surface area contributed by atoms with Crippen molar-refractivity contribution in [2.75, 3.05) is 9.80 Å². The van der Waals surface area contributed by atoms with Crippen molar-refractivity contribution in [2.24, 2.45) is 5.41 Å². The molecule has 0 N–H and O–H groups in total. The molecule has 87 heavy (non-hydrogen) atoms. The van der Waals surface area contributed by atoms with Crippen molar-refractivity contribution >= 4 is 84.0 Å². The van der Waals surface area contributed by atoms with E-state index in [1.807, 2.05) is 6.07 Å². The summed E-state index contributed by atoms with van der Waals surface area (Å²) >= 11 is 0. The Morgan fingerprint density at radius 2 is 0.874 bits per heavy atom. The number of nitrogens with zero attached hydrogens (tertiary/aromatic N) is 4. The van der Waals surface area contributed by atoms with Gasteiger partial charge in [0.25, 0.3) is 0 Å². The van der Waals surface area contributed by atoms with E-state index in [0.29, 0.717) is 5.56 Å². The summed E-state index contributed by atoms with van der Waals surface area (Å²) in [5, 5.41) is 4.78. The molecule has 0 saturated heterocycles. The van der Waals surface area contributed by atoms with E-state index in [4.69, 9.17) is 4.11 Å². The van der Waals surface area contributed by atoms with Crippen LogP contribution in [0.1, 0.15) is 34.0 Å². The minimum absolute atomic E-state index is 0.167. The summed E-state index contributed by atoms with van der Waals surface area (Å²) < 4.78 is 50.0. The van der Waals surface area contributed by atoms with E-state index >= 15 is 0 Å². The van der Waals surface area contributed by atoms with Crippen LogP contribution in [-0.2, 0) is 0 Å². The van der Waals surface area contributed by atoms with E-state index in [0.717, 1.165) is 107 Å². The SMILES string of the molecule is [2H]c1c([2H])c([2H])c(-c2ccc3c(c2)N(c2cc(-c4ccccc4)cc(-c4ccccc4)c2)C2=C4B3c3ccc(-n5c6ccccc6c6cc(-n7c8ccccc8c8ccccc87)ccc65)cc3N(c3cccc(-c5ccccc5)c3)C4CC(C(C)(C)C)=C2)c([2H])c1[2H]. The Hall–Kier alpha value is -10.6. The monoisotopic (exact) mass is 1120 g/mol. The molecule has 0 bridgehead atoms. The molecule has 2 aliphatic heterocycles. The number of aromatic nitrogens is 2. The van der Waals surface area contributed by atoms with Gasteiger partial charge in [-0.2, -0.15) is 0 Å². The Morgan fingerprint density at radius 1 is 0.379 bits per heavy atom. The van der Waals surface area contributed by atoms with Crippen molar-refractivity contribution in [1.82, 2.24) is 9.13 Å². The van der Waals surface area contributed by atoms with Crippen LogP contribution in [0.25, 0.3) is 99.5 Å². The van der Waals surface area contributed by atoms with E-state index < -0.39 is 6.04 Å². The average molecular weight is 1120 g/mol. The summed E-state index contributed by atoms with van der Waals surface area (Å²) in [5.74, 6) is 0.